The molecule has 8 heteroatoms. The van der Waals surface area contributed by atoms with Crippen molar-refractivity contribution in [2.75, 3.05) is 69.4 Å². The van der Waals surface area contributed by atoms with Gasteiger partial charge in [0.05, 0.1) is 35.3 Å². The standard InChI is InChI=1S/C25H34N6OS/c1-29(2)19-7-9-30(10-8-19)17-18-15-23-20(25(27-18)31-11-13-32-14-12-31)16-24(33-23)28-22-6-4-3-5-21(22)26/h3-6,15-16,19,28H,7-14,17,26H2,1-2H3. The molecule has 0 atom stereocenters. The summed E-state index contributed by atoms with van der Waals surface area (Å²) in [7, 11) is 4.38. The highest BCUT2D eigenvalue weighted by atomic mass is 32.1. The molecule has 176 valence electrons. The minimum Gasteiger partial charge on any atom is -0.397 e. The highest BCUT2D eigenvalue weighted by Crippen LogP contribution is 2.38. The SMILES string of the molecule is CN(C)C1CCN(Cc2cc3sc(Nc4ccccc4N)cc3c(N3CCOCC3)n2)CC1. The lowest BCUT2D eigenvalue weighted by molar-refractivity contribution is 0.122. The molecule has 2 aromatic heterocycles. The number of para-hydroxylation sites is 2. The number of hydrogen-bond donors (Lipinski definition) is 2. The molecule has 0 spiro atoms. The lowest BCUT2D eigenvalue weighted by Crippen LogP contribution is -2.41. The van der Waals surface area contributed by atoms with E-state index in [1.165, 1.54) is 22.9 Å². The molecule has 0 aliphatic carbocycles. The number of benzene rings is 1. The number of nitrogens with two attached hydrogens (primary N) is 1. The number of nitrogens with zero attached hydrogens (tertiary/aromatic N) is 4. The molecule has 1 aromatic carbocycles. The Balaban J connectivity index is 1.43. The Morgan fingerprint density at radius 1 is 1.12 bits per heavy atom. The number of aromatic nitrogens is 1. The van der Waals surface area contributed by atoms with E-state index in [1.54, 1.807) is 11.3 Å². The quantitative estimate of drug-likeness (QED) is 0.533. The number of likely N-dealkylation sites (tertiary alicyclic amines) is 1. The average Bonchev–Trinajstić information content (AvgIpc) is 3.23. The number of fused-ring (bicyclic) bond motifs is 1. The smallest absolute Gasteiger partial charge is 0.137 e. The molecule has 4 heterocycles. The van der Waals surface area contributed by atoms with E-state index in [2.05, 4.69) is 46.2 Å². The first-order valence-corrected chi connectivity index (χ1v) is 12.6. The van der Waals surface area contributed by atoms with Crippen LogP contribution in [0.4, 0.5) is 22.2 Å². The van der Waals surface area contributed by atoms with Gasteiger partial charge in [0.2, 0.25) is 0 Å². The van der Waals surface area contributed by atoms with E-state index in [0.717, 1.165) is 73.8 Å². The van der Waals surface area contributed by atoms with E-state index >= 15 is 0 Å². The molecular formula is C25H34N6OS. The van der Waals surface area contributed by atoms with Crippen LogP contribution >= 0.6 is 11.3 Å². The summed E-state index contributed by atoms with van der Waals surface area (Å²) in [6.07, 6.45) is 2.44. The molecule has 0 radical (unpaired) electrons. The van der Waals surface area contributed by atoms with Crippen molar-refractivity contribution in [1.29, 1.82) is 0 Å². The number of anilines is 4. The second-order valence-corrected chi connectivity index (χ2v) is 10.3. The minimum absolute atomic E-state index is 0.692. The second-order valence-electron chi connectivity index (χ2n) is 9.24. The van der Waals surface area contributed by atoms with Crippen LogP contribution in [0.15, 0.2) is 36.4 Å². The monoisotopic (exact) mass is 466 g/mol. The van der Waals surface area contributed by atoms with Crippen molar-refractivity contribution in [2.24, 2.45) is 0 Å². The number of hydrogen-bond acceptors (Lipinski definition) is 8. The maximum Gasteiger partial charge on any atom is 0.137 e. The van der Waals surface area contributed by atoms with Gasteiger partial charge in [0.25, 0.3) is 0 Å². The lowest BCUT2D eigenvalue weighted by Gasteiger charge is -2.35. The summed E-state index contributed by atoms with van der Waals surface area (Å²) >= 11 is 1.77. The van der Waals surface area contributed by atoms with Crippen molar-refractivity contribution >= 4 is 43.6 Å². The Kier molecular flexibility index (Phi) is 6.69. The summed E-state index contributed by atoms with van der Waals surface area (Å²) in [5.74, 6) is 1.08. The van der Waals surface area contributed by atoms with Crippen molar-refractivity contribution in [1.82, 2.24) is 14.8 Å². The maximum atomic E-state index is 6.17. The Bertz CT molecular complexity index is 1090. The molecule has 7 nitrogen and oxygen atoms in total. The molecule has 5 rings (SSSR count). The van der Waals surface area contributed by atoms with Crippen molar-refractivity contribution in [3.8, 4) is 0 Å². The molecule has 0 bridgehead atoms. The van der Waals surface area contributed by atoms with Crippen LogP contribution in [-0.2, 0) is 11.3 Å². The van der Waals surface area contributed by atoms with Crippen LogP contribution < -0.4 is 16.0 Å². The topological polar surface area (TPSA) is 69.9 Å². The summed E-state index contributed by atoms with van der Waals surface area (Å²) in [6, 6.07) is 13.1. The number of thiophene rings is 1. The van der Waals surface area contributed by atoms with E-state index in [1.807, 2.05) is 24.3 Å². The molecule has 0 unspecified atom stereocenters. The predicted octanol–water partition coefficient (Wildman–Crippen LogP) is 3.98. The van der Waals surface area contributed by atoms with Crippen LogP contribution in [0.25, 0.3) is 10.1 Å². The van der Waals surface area contributed by atoms with Gasteiger partial charge in [0, 0.05) is 48.9 Å². The third-order valence-corrected chi connectivity index (χ3v) is 7.75. The number of ether oxygens (including phenoxy) is 1. The van der Waals surface area contributed by atoms with Gasteiger partial charge < -0.3 is 25.6 Å². The van der Waals surface area contributed by atoms with Crippen molar-refractivity contribution in [3.05, 3.63) is 42.1 Å². The fraction of sp³-hybridized carbons (Fsp3) is 0.480. The molecule has 33 heavy (non-hydrogen) atoms. The zero-order valence-corrected chi connectivity index (χ0v) is 20.4. The molecule has 3 N–H and O–H groups in total. The number of pyridine rings is 1. The summed E-state index contributed by atoms with van der Waals surface area (Å²) in [6.45, 7) is 6.41. The fourth-order valence-electron chi connectivity index (χ4n) is 4.79. The third-order valence-electron chi connectivity index (χ3n) is 6.75. The summed E-state index contributed by atoms with van der Waals surface area (Å²) in [4.78, 5) is 12.5. The van der Waals surface area contributed by atoms with E-state index in [0.29, 0.717) is 6.04 Å². The largest absolute Gasteiger partial charge is 0.397 e. The summed E-state index contributed by atoms with van der Waals surface area (Å²) in [5.41, 5.74) is 9.01. The molecule has 0 amide bonds. The third kappa shape index (κ3) is 5.09. The van der Waals surface area contributed by atoms with Gasteiger partial charge in [-0.2, -0.15) is 0 Å². The second kappa shape index (κ2) is 9.85. The predicted molar refractivity (Wildman–Crippen MR) is 139 cm³/mol. The number of nitrogens with one attached hydrogen (secondary N) is 1. The maximum absolute atomic E-state index is 6.17. The molecular weight excluding hydrogens is 432 g/mol. The molecule has 2 aliphatic rings. The summed E-state index contributed by atoms with van der Waals surface area (Å²) < 4.78 is 6.87. The van der Waals surface area contributed by atoms with Gasteiger partial charge in [-0.15, -0.1) is 11.3 Å². The van der Waals surface area contributed by atoms with Gasteiger partial charge >= 0.3 is 0 Å². The number of nitrogen functional groups attached to an aromatic ring is 1. The van der Waals surface area contributed by atoms with Crippen LogP contribution in [0.2, 0.25) is 0 Å². The van der Waals surface area contributed by atoms with Crippen LogP contribution in [0, 0.1) is 0 Å². The van der Waals surface area contributed by atoms with Crippen LogP contribution in [0.5, 0.6) is 0 Å². The first kappa shape index (κ1) is 22.4. The highest BCUT2D eigenvalue weighted by Gasteiger charge is 2.23. The first-order valence-electron chi connectivity index (χ1n) is 11.8. The van der Waals surface area contributed by atoms with Crippen LogP contribution in [0.3, 0.4) is 0 Å². The van der Waals surface area contributed by atoms with E-state index in [-0.39, 0.29) is 0 Å². The van der Waals surface area contributed by atoms with Crippen molar-refractivity contribution < 1.29 is 4.74 Å². The van der Waals surface area contributed by atoms with Gasteiger partial charge in [0.15, 0.2) is 0 Å². The average molecular weight is 467 g/mol. The number of piperidine rings is 1. The molecule has 0 saturated carbocycles. The van der Waals surface area contributed by atoms with Crippen molar-refractivity contribution in [3.63, 3.8) is 0 Å². The highest BCUT2D eigenvalue weighted by molar-refractivity contribution is 7.23. The Morgan fingerprint density at radius 2 is 1.88 bits per heavy atom. The molecule has 2 saturated heterocycles. The zero-order chi connectivity index (χ0) is 22.8. The zero-order valence-electron chi connectivity index (χ0n) is 19.6. The van der Waals surface area contributed by atoms with Crippen LogP contribution in [-0.4, -0.2) is 74.3 Å². The Hall–Kier alpha value is -2.39. The van der Waals surface area contributed by atoms with E-state index in [4.69, 9.17) is 15.5 Å². The van der Waals surface area contributed by atoms with E-state index in [9.17, 15) is 0 Å². The van der Waals surface area contributed by atoms with E-state index < -0.39 is 0 Å². The molecule has 2 aliphatic heterocycles. The van der Waals surface area contributed by atoms with Gasteiger partial charge in [-0.05, 0) is 51.2 Å². The first-order chi connectivity index (χ1) is 16.1. The normalized spacial score (nSPS) is 18.3. The van der Waals surface area contributed by atoms with Gasteiger partial charge in [-0.3, -0.25) is 4.90 Å². The Labute approximate surface area is 200 Å². The van der Waals surface area contributed by atoms with Crippen molar-refractivity contribution in [2.45, 2.75) is 25.4 Å². The Morgan fingerprint density at radius 3 is 2.61 bits per heavy atom. The molecule has 3 aromatic rings. The van der Waals surface area contributed by atoms with Gasteiger partial charge in [0.1, 0.15) is 5.82 Å². The van der Waals surface area contributed by atoms with Gasteiger partial charge in [-0.25, -0.2) is 4.98 Å². The lowest BCUT2D eigenvalue weighted by atomic mass is 10.0. The van der Waals surface area contributed by atoms with Crippen LogP contribution in [0.1, 0.15) is 18.5 Å². The molecule has 2 fully saturated rings. The fourth-order valence-corrected chi connectivity index (χ4v) is 5.82. The minimum atomic E-state index is 0.692. The van der Waals surface area contributed by atoms with Gasteiger partial charge in [-0.1, -0.05) is 12.1 Å². The summed E-state index contributed by atoms with van der Waals surface area (Å²) in [5, 5.41) is 5.80. The number of rotatable bonds is 6. The number of morpholine rings is 1.